The van der Waals surface area contributed by atoms with Gasteiger partial charge in [0.05, 0.1) is 20.1 Å². The summed E-state index contributed by atoms with van der Waals surface area (Å²) >= 11 is 5.99. The Balaban J connectivity index is 2.19. The summed E-state index contributed by atoms with van der Waals surface area (Å²) in [5.74, 6) is 0.293. The molecule has 0 bridgehead atoms. The van der Waals surface area contributed by atoms with E-state index in [1.165, 1.54) is 7.11 Å². The van der Waals surface area contributed by atoms with Crippen molar-refractivity contribution in [1.29, 1.82) is 0 Å². The molecule has 4 nitrogen and oxygen atoms in total. The van der Waals surface area contributed by atoms with Crippen molar-refractivity contribution in [1.82, 2.24) is 4.98 Å². The molecule has 0 saturated carbocycles. The molecule has 0 N–H and O–H groups in total. The zero-order valence-electron chi connectivity index (χ0n) is 14.5. The highest BCUT2D eigenvalue weighted by molar-refractivity contribution is 6.30. The second-order valence-corrected chi connectivity index (χ2v) is 6.11. The molecule has 26 heavy (non-hydrogen) atoms. The average Bonchev–Trinajstić information content (AvgIpc) is 2.69. The number of carbonyl (C=O) groups is 1. The second-order valence-electron chi connectivity index (χ2n) is 5.68. The summed E-state index contributed by atoms with van der Waals surface area (Å²) in [6.07, 6.45) is 0.896. The van der Waals surface area contributed by atoms with Gasteiger partial charge < -0.3 is 14.3 Å². The lowest BCUT2D eigenvalue weighted by atomic mass is 9.91. The number of pyridine rings is 1. The fourth-order valence-corrected chi connectivity index (χ4v) is 2.99. The van der Waals surface area contributed by atoms with Gasteiger partial charge in [0.25, 0.3) is 0 Å². The van der Waals surface area contributed by atoms with Crippen molar-refractivity contribution < 1.29 is 14.3 Å². The van der Waals surface area contributed by atoms with Crippen LogP contribution in [-0.4, -0.2) is 25.5 Å². The van der Waals surface area contributed by atoms with Crippen molar-refractivity contribution >= 4 is 17.9 Å². The largest absolute Gasteiger partial charge is 0.481 e. The number of hydrogen-bond donors (Lipinski definition) is 0. The van der Waals surface area contributed by atoms with Crippen LogP contribution in [0.3, 0.4) is 0 Å². The first kappa shape index (κ1) is 18.0. The molecule has 0 radical (unpaired) electrons. The monoisotopic (exact) mass is 367 g/mol. The van der Waals surface area contributed by atoms with Gasteiger partial charge in [0, 0.05) is 16.1 Å². The topological polar surface area (TPSA) is 48.4 Å². The number of hydrogen-bond acceptors (Lipinski definition) is 4. The lowest BCUT2D eigenvalue weighted by Crippen LogP contribution is -2.07. The van der Waals surface area contributed by atoms with Crippen LogP contribution in [0, 0.1) is 0 Å². The fraction of sp³-hybridized carbons (Fsp3) is 0.143. The van der Waals surface area contributed by atoms with Gasteiger partial charge in [0.1, 0.15) is 6.29 Å². The second kappa shape index (κ2) is 8.02. The Hall–Kier alpha value is -2.85. The standard InChI is InChI=1S/C21H18ClNO3/c1-25-20-17(15-8-10-16(22)11-9-15)12-18(21(23-20)26-2)19(13-24)14-6-4-3-5-7-14/h3-13,19H,1-2H3. The molecule has 0 amide bonds. The van der Waals surface area contributed by atoms with Crippen LogP contribution in [-0.2, 0) is 4.79 Å². The Morgan fingerprint density at radius 2 is 1.62 bits per heavy atom. The number of benzene rings is 2. The Morgan fingerprint density at radius 3 is 2.19 bits per heavy atom. The predicted molar refractivity (Wildman–Crippen MR) is 102 cm³/mol. The molecule has 1 atom stereocenters. The van der Waals surface area contributed by atoms with Crippen LogP contribution in [0.25, 0.3) is 11.1 Å². The average molecular weight is 368 g/mol. The van der Waals surface area contributed by atoms with Gasteiger partial charge in [0.15, 0.2) is 0 Å². The number of nitrogens with zero attached hydrogens (tertiary/aromatic N) is 1. The minimum atomic E-state index is -0.490. The number of rotatable bonds is 6. The van der Waals surface area contributed by atoms with Crippen molar-refractivity contribution in [2.75, 3.05) is 14.2 Å². The van der Waals surface area contributed by atoms with E-state index in [1.54, 1.807) is 19.2 Å². The minimum absolute atomic E-state index is 0.362. The summed E-state index contributed by atoms with van der Waals surface area (Å²) in [6, 6.07) is 18.8. The zero-order valence-corrected chi connectivity index (χ0v) is 15.2. The van der Waals surface area contributed by atoms with Crippen LogP contribution in [0.1, 0.15) is 17.0 Å². The van der Waals surface area contributed by atoms with Gasteiger partial charge in [0.2, 0.25) is 11.8 Å². The number of carbonyl (C=O) groups excluding carboxylic acids is 1. The lowest BCUT2D eigenvalue weighted by molar-refractivity contribution is -0.108. The van der Waals surface area contributed by atoms with Gasteiger partial charge >= 0.3 is 0 Å². The van der Waals surface area contributed by atoms with Crippen molar-refractivity contribution in [2.24, 2.45) is 0 Å². The summed E-state index contributed by atoms with van der Waals surface area (Å²) in [5.41, 5.74) is 3.21. The Kier molecular flexibility index (Phi) is 5.54. The normalized spacial score (nSPS) is 11.7. The first-order valence-electron chi connectivity index (χ1n) is 8.07. The molecule has 1 aromatic heterocycles. The number of ether oxygens (including phenoxy) is 2. The van der Waals surface area contributed by atoms with Gasteiger partial charge in [-0.25, -0.2) is 0 Å². The fourth-order valence-electron chi connectivity index (χ4n) is 2.87. The highest BCUT2D eigenvalue weighted by Crippen LogP contribution is 2.38. The van der Waals surface area contributed by atoms with Gasteiger partial charge in [-0.15, -0.1) is 0 Å². The molecular weight excluding hydrogens is 350 g/mol. The highest BCUT2D eigenvalue weighted by atomic mass is 35.5. The molecule has 2 aromatic carbocycles. The number of methoxy groups -OCH3 is 2. The molecule has 3 rings (SSSR count). The molecule has 0 saturated heterocycles. The molecule has 0 fully saturated rings. The van der Waals surface area contributed by atoms with Crippen LogP contribution >= 0.6 is 11.6 Å². The summed E-state index contributed by atoms with van der Waals surface area (Å²) in [7, 11) is 3.08. The van der Waals surface area contributed by atoms with Gasteiger partial charge in [-0.1, -0.05) is 54.1 Å². The third-order valence-electron chi connectivity index (χ3n) is 4.15. The Bertz CT molecular complexity index is 895. The van der Waals surface area contributed by atoms with E-state index < -0.39 is 5.92 Å². The van der Waals surface area contributed by atoms with E-state index >= 15 is 0 Å². The van der Waals surface area contributed by atoms with E-state index in [2.05, 4.69) is 4.98 Å². The summed E-state index contributed by atoms with van der Waals surface area (Å²) < 4.78 is 10.9. The molecule has 1 heterocycles. The number of aldehydes is 1. The van der Waals surface area contributed by atoms with E-state index in [4.69, 9.17) is 21.1 Å². The molecule has 0 aliphatic rings. The van der Waals surface area contributed by atoms with E-state index in [0.29, 0.717) is 22.3 Å². The summed E-state index contributed by atoms with van der Waals surface area (Å²) in [6.45, 7) is 0. The van der Waals surface area contributed by atoms with E-state index in [9.17, 15) is 4.79 Å². The minimum Gasteiger partial charge on any atom is -0.481 e. The van der Waals surface area contributed by atoms with Crippen LogP contribution in [0.15, 0.2) is 60.7 Å². The Morgan fingerprint density at radius 1 is 0.962 bits per heavy atom. The van der Waals surface area contributed by atoms with E-state index in [1.807, 2.05) is 48.5 Å². The first-order chi connectivity index (χ1) is 12.7. The number of halogens is 1. The summed E-state index contributed by atoms with van der Waals surface area (Å²) in [5, 5.41) is 0.643. The third kappa shape index (κ3) is 3.55. The molecule has 0 spiro atoms. The van der Waals surface area contributed by atoms with Crippen LogP contribution in [0.5, 0.6) is 11.8 Å². The maximum Gasteiger partial charge on any atom is 0.224 e. The van der Waals surface area contributed by atoms with Crippen LogP contribution < -0.4 is 9.47 Å². The quantitative estimate of drug-likeness (QED) is 0.590. The number of aromatic nitrogens is 1. The van der Waals surface area contributed by atoms with Crippen LogP contribution in [0.4, 0.5) is 0 Å². The predicted octanol–water partition coefficient (Wildman–Crippen LogP) is 4.75. The van der Waals surface area contributed by atoms with E-state index in [0.717, 1.165) is 23.0 Å². The smallest absolute Gasteiger partial charge is 0.224 e. The molecule has 0 aliphatic heterocycles. The molecule has 3 aromatic rings. The SMILES string of the molecule is COc1nc(OC)c(C(C=O)c2ccccc2)cc1-c1ccc(Cl)cc1. The highest BCUT2D eigenvalue weighted by Gasteiger charge is 2.22. The molecule has 132 valence electrons. The first-order valence-corrected chi connectivity index (χ1v) is 8.44. The van der Waals surface area contributed by atoms with Crippen molar-refractivity contribution in [3.05, 3.63) is 76.8 Å². The Labute approximate surface area is 157 Å². The lowest BCUT2D eigenvalue weighted by Gasteiger charge is -2.18. The van der Waals surface area contributed by atoms with Crippen molar-refractivity contribution in [3.8, 4) is 22.9 Å². The molecule has 0 aliphatic carbocycles. The maximum absolute atomic E-state index is 11.9. The molecule has 1 unspecified atom stereocenters. The molecular formula is C21H18ClNO3. The van der Waals surface area contributed by atoms with Gasteiger partial charge in [-0.3, -0.25) is 0 Å². The maximum atomic E-state index is 11.9. The molecule has 5 heteroatoms. The third-order valence-corrected chi connectivity index (χ3v) is 4.40. The van der Waals surface area contributed by atoms with E-state index in [-0.39, 0.29) is 0 Å². The van der Waals surface area contributed by atoms with Gasteiger partial charge in [-0.05, 0) is 29.3 Å². The summed E-state index contributed by atoms with van der Waals surface area (Å²) in [4.78, 5) is 16.4. The van der Waals surface area contributed by atoms with Gasteiger partial charge in [-0.2, -0.15) is 4.98 Å². The van der Waals surface area contributed by atoms with Crippen LogP contribution in [0.2, 0.25) is 5.02 Å². The van der Waals surface area contributed by atoms with Crippen molar-refractivity contribution in [3.63, 3.8) is 0 Å². The van der Waals surface area contributed by atoms with Crippen molar-refractivity contribution in [2.45, 2.75) is 5.92 Å². The zero-order chi connectivity index (χ0) is 18.5.